The average Bonchev–Trinajstić information content (AvgIpc) is 2.33. The van der Waals surface area contributed by atoms with Gasteiger partial charge in [-0.1, -0.05) is 29.8 Å². The van der Waals surface area contributed by atoms with Crippen molar-refractivity contribution in [2.24, 2.45) is 5.73 Å². The molecule has 1 amide bonds. The Morgan fingerprint density at radius 3 is 2.65 bits per heavy atom. The fourth-order valence-corrected chi connectivity index (χ4v) is 2.34. The van der Waals surface area contributed by atoms with Crippen molar-refractivity contribution in [2.75, 3.05) is 6.54 Å². The summed E-state index contributed by atoms with van der Waals surface area (Å²) in [6.45, 7) is 4.96. The molecule has 2 rings (SSSR count). The number of piperidine rings is 1. The van der Waals surface area contributed by atoms with Crippen LogP contribution in [-0.2, 0) is 4.79 Å². The Labute approximate surface area is 103 Å². The molecule has 1 heterocycles. The third-order valence-electron chi connectivity index (χ3n) is 3.54. The second-order valence-electron chi connectivity index (χ2n) is 4.87. The Bertz CT molecular complexity index is 399. The zero-order chi connectivity index (χ0) is 12.4. The first-order chi connectivity index (χ1) is 8.09. The number of nitrogens with two attached hydrogens (primary N) is 1. The molecule has 3 heteroatoms. The van der Waals surface area contributed by atoms with Crippen molar-refractivity contribution in [3.05, 3.63) is 35.4 Å². The zero-order valence-corrected chi connectivity index (χ0v) is 10.5. The van der Waals surface area contributed by atoms with Crippen molar-refractivity contribution >= 4 is 5.91 Å². The molecule has 1 aliphatic heterocycles. The first-order valence-electron chi connectivity index (χ1n) is 6.22. The lowest BCUT2D eigenvalue weighted by Gasteiger charge is -2.35. The average molecular weight is 232 g/mol. The largest absolute Gasteiger partial charge is 0.335 e. The predicted octanol–water partition coefficient (Wildman–Crippen LogP) is 2.01. The highest BCUT2D eigenvalue weighted by atomic mass is 16.2. The van der Waals surface area contributed by atoms with Crippen LogP contribution in [0.15, 0.2) is 24.3 Å². The molecule has 17 heavy (non-hydrogen) atoms. The van der Waals surface area contributed by atoms with E-state index in [4.69, 9.17) is 5.73 Å². The quantitative estimate of drug-likeness (QED) is 0.847. The third kappa shape index (κ3) is 2.50. The van der Waals surface area contributed by atoms with Crippen molar-refractivity contribution in [1.82, 2.24) is 4.90 Å². The zero-order valence-electron chi connectivity index (χ0n) is 10.5. The van der Waals surface area contributed by atoms with Crippen molar-refractivity contribution in [3.8, 4) is 0 Å². The van der Waals surface area contributed by atoms with Crippen LogP contribution in [0.25, 0.3) is 0 Å². The van der Waals surface area contributed by atoms with E-state index in [-0.39, 0.29) is 18.0 Å². The number of benzene rings is 1. The number of carbonyl (C=O) groups excluding carboxylic acids is 1. The number of amides is 1. The van der Waals surface area contributed by atoms with Gasteiger partial charge in [0.1, 0.15) is 0 Å². The van der Waals surface area contributed by atoms with Gasteiger partial charge in [0.2, 0.25) is 5.91 Å². The normalized spacial score (nSPS) is 22.6. The summed E-state index contributed by atoms with van der Waals surface area (Å²) in [4.78, 5) is 13.9. The van der Waals surface area contributed by atoms with E-state index in [0.717, 1.165) is 19.4 Å². The van der Waals surface area contributed by atoms with E-state index >= 15 is 0 Å². The summed E-state index contributed by atoms with van der Waals surface area (Å²) in [6, 6.07) is 8.16. The smallest absolute Gasteiger partial charge is 0.239 e. The van der Waals surface area contributed by atoms with Crippen LogP contribution in [0.1, 0.15) is 36.9 Å². The minimum Gasteiger partial charge on any atom is -0.335 e. The SMILES string of the molecule is Cc1ccc(C(C)N2CCCC(N)C2=O)cc1. The standard InChI is InChI=1S/C14H20N2O/c1-10-5-7-12(8-6-10)11(2)16-9-3-4-13(15)14(16)17/h5-8,11,13H,3-4,9,15H2,1-2H3. The van der Waals surface area contributed by atoms with Crippen molar-refractivity contribution < 1.29 is 4.79 Å². The number of carbonyl (C=O) groups is 1. The summed E-state index contributed by atoms with van der Waals surface area (Å²) in [5.41, 5.74) is 8.23. The van der Waals surface area contributed by atoms with Gasteiger partial charge in [0.25, 0.3) is 0 Å². The summed E-state index contributed by atoms with van der Waals surface area (Å²) >= 11 is 0. The van der Waals surface area contributed by atoms with Gasteiger partial charge in [0, 0.05) is 6.54 Å². The van der Waals surface area contributed by atoms with Crippen LogP contribution < -0.4 is 5.73 Å². The number of nitrogens with zero attached hydrogens (tertiary/aromatic N) is 1. The van der Waals surface area contributed by atoms with Gasteiger partial charge in [-0.15, -0.1) is 0 Å². The van der Waals surface area contributed by atoms with Gasteiger partial charge in [0.15, 0.2) is 0 Å². The van der Waals surface area contributed by atoms with Gasteiger partial charge in [0.05, 0.1) is 12.1 Å². The molecule has 2 unspecified atom stereocenters. The molecule has 0 bridgehead atoms. The number of likely N-dealkylation sites (tertiary alicyclic amines) is 1. The second-order valence-corrected chi connectivity index (χ2v) is 4.87. The minimum absolute atomic E-state index is 0.0873. The Morgan fingerprint density at radius 2 is 2.00 bits per heavy atom. The molecule has 1 aromatic rings. The second kappa shape index (κ2) is 4.88. The predicted molar refractivity (Wildman–Crippen MR) is 68.5 cm³/mol. The maximum atomic E-state index is 12.0. The number of aryl methyl sites for hydroxylation is 1. The third-order valence-corrected chi connectivity index (χ3v) is 3.54. The molecular weight excluding hydrogens is 212 g/mol. The molecule has 1 saturated heterocycles. The topological polar surface area (TPSA) is 46.3 Å². The summed E-state index contributed by atoms with van der Waals surface area (Å²) in [6.07, 6.45) is 1.82. The Kier molecular flexibility index (Phi) is 3.48. The van der Waals surface area contributed by atoms with E-state index < -0.39 is 0 Å². The monoisotopic (exact) mass is 232 g/mol. The number of hydrogen-bond acceptors (Lipinski definition) is 2. The summed E-state index contributed by atoms with van der Waals surface area (Å²) in [5.74, 6) is 0.0873. The molecular formula is C14H20N2O. The van der Waals surface area contributed by atoms with Gasteiger partial charge >= 0.3 is 0 Å². The fourth-order valence-electron chi connectivity index (χ4n) is 2.34. The van der Waals surface area contributed by atoms with Gasteiger partial charge in [-0.25, -0.2) is 0 Å². The van der Waals surface area contributed by atoms with Crippen LogP contribution in [0, 0.1) is 6.92 Å². The van der Waals surface area contributed by atoms with E-state index in [9.17, 15) is 4.79 Å². The lowest BCUT2D eigenvalue weighted by molar-refractivity contribution is -0.137. The van der Waals surface area contributed by atoms with Gasteiger partial charge in [-0.05, 0) is 32.3 Å². The number of rotatable bonds is 2. The molecule has 92 valence electrons. The molecule has 0 spiro atoms. The lowest BCUT2D eigenvalue weighted by atomic mass is 9.99. The Balaban J connectivity index is 2.16. The van der Waals surface area contributed by atoms with E-state index in [1.54, 1.807) is 0 Å². The van der Waals surface area contributed by atoms with Crippen LogP contribution in [-0.4, -0.2) is 23.4 Å². The van der Waals surface area contributed by atoms with E-state index in [1.165, 1.54) is 11.1 Å². The van der Waals surface area contributed by atoms with Crippen LogP contribution in [0.3, 0.4) is 0 Å². The highest BCUT2D eigenvalue weighted by Crippen LogP contribution is 2.24. The van der Waals surface area contributed by atoms with E-state index in [0.29, 0.717) is 0 Å². The first-order valence-corrected chi connectivity index (χ1v) is 6.22. The van der Waals surface area contributed by atoms with Crippen LogP contribution in [0.4, 0.5) is 0 Å². The first kappa shape index (κ1) is 12.1. The van der Waals surface area contributed by atoms with Gasteiger partial charge in [-0.2, -0.15) is 0 Å². The fraction of sp³-hybridized carbons (Fsp3) is 0.500. The number of hydrogen-bond donors (Lipinski definition) is 1. The van der Waals surface area contributed by atoms with Gasteiger partial charge in [-0.3, -0.25) is 4.79 Å². The summed E-state index contributed by atoms with van der Waals surface area (Å²) in [5, 5.41) is 0. The van der Waals surface area contributed by atoms with E-state index in [1.807, 2.05) is 4.90 Å². The Morgan fingerprint density at radius 1 is 1.35 bits per heavy atom. The van der Waals surface area contributed by atoms with Crippen molar-refractivity contribution in [3.63, 3.8) is 0 Å². The summed E-state index contributed by atoms with van der Waals surface area (Å²) in [7, 11) is 0. The molecule has 0 aliphatic carbocycles. The van der Waals surface area contributed by atoms with Crippen LogP contribution in [0.2, 0.25) is 0 Å². The molecule has 1 fully saturated rings. The maximum absolute atomic E-state index is 12.0. The Hall–Kier alpha value is -1.35. The van der Waals surface area contributed by atoms with Gasteiger partial charge < -0.3 is 10.6 Å². The van der Waals surface area contributed by atoms with Crippen molar-refractivity contribution in [1.29, 1.82) is 0 Å². The highest BCUT2D eigenvalue weighted by molar-refractivity contribution is 5.82. The van der Waals surface area contributed by atoms with Crippen LogP contribution in [0.5, 0.6) is 0 Å². The molecule has 3 nitrogen and oxygen atoms in total. The summed E-state index contributed by atoms with van der Waals surface area (Å²) < 4.78 is 0. The van der Waals surface area contributed by atoms with Crippen molar-refractivity contribution in [2.45, 2.75) is 38.8 Å². The molecule has 2 atom stereocenters. The minimum atomic E-state index is -0.309. The molecule has 0 saturated carbocycles. The molecule has 1 aliphatic rings. The van der Waals surface area contributed by atoms with Crippen LogP contribution >= 0.6 is 0 Å². The van der Waals surface area contributed by atoms with E-state index in [2.05, 4.69) is 38.1 Å². The molecule has 1 aromatic carbocycles. The molecule has 0 radical (unpaired) electrons. The maximum Gasteiger partial charge on any atom is 0.239 e. The highest BCUT2D eigenvalue weighted by Gasteiger charge is 2.29. The molecule has 2 N–H and O–H groups in total. The molecule has 0 aromatic heterocycles. The lowest BCUT2D eigenvalue weighted by Crippen LogP contribution is -2.49.